The number of thiophene rings is 1. The molecule has 3 N–H and O–H groups in total. The summed E-state index contributed by atoms with van der Waals surface area (Å²) in [6.07, 6.45) is 1.19. The van der Waals surface area contributed by atoms with Crippen molar-refractivity contribution in [2.24, 2.45) is 5.73 Å². The first kappa shape index (κ1) is 13.7. The van der Waals surface area contributed by atoms with Crippen LogP contribution in [0.1, 0.15) is 16.6 Å². The first-order valence-electron chi connectivity index (χ1n) is 5.01. The van der Waals surface area contributed by atoms with Gasteiger partial charge in [-0.15, -0.1) is 11.3 Å². The normalized spacial score (nSPS) is 10.6. The first-order chi connectivity index (χ1) is 8.60. The highest BCUT2D eigenvalue weighted by Crippen LogP contribution is 2.21. The molecule has 0 saturated carbocycles. The molecule has 1 aromatic rings. The summed E-state index contributed by atoms with van der Waals surface area (Å²) in [5.74, 6) is -1.29. The Balaban J connectivity index is 2.84. The minimum absolute atomic E-state index is 0.182. The van der Waals surface area contributed by atoms with Gasteiger partial charge in [0.15, 0.2) is 5.57 Å². The number of nitrogens with one attached hydrogen (secondary N) is 1. The fraction of sp³-hybridized carbons (Fsp3) is 0.182. The van der Waals surface area contributed by atoms with E-state index in [-0.39, 0.29) is 12.2 Å². The molecule has 0 spiro atoms. The molecule has 0 atom stereocenters. The van der Waals surface area contributed by atoms with Crippen LogP contribution in [0.4, 0.5) is 5.69 Å². The number of hydrogen-bond acceptors (Lipinski definition) is 6. The predicted octanol–water partition coefficient (Wildman–Crippen LogP) is 1.23. The number of nitrogens with zero attached hydrogens (tertiary/aromatic N) is 1. The highest BCUT2D eigenvalue weighted by molar-refractivity contribution is 7.12. The van der Waals surface area contributed by atoms with Crippen molar-refractivity contribution in [2.75, 3.05) is 11.9 Å². The fourth-order valence-corrected chi connectivity index (χ4v) is 1.82. The minimum Gasteiger partial charge on any atom is -0.462 e. The Kier molecular flexibility index (Phi) is 4.90. The van der Waals surface area contributed by atoms with Crippen molar-refractivity contribution in [2.45, 2.75) is 6.92 Å². The van der Waals surface area contributed by atoms with Crippen LogP contribution in [-0.4, -0.2) is 18.5 Å². The first-order valence-corrected chi connectivity index (χ1v) is 5.89. The Morgan fingerprint density at radius 1 is 1.67 bits per heavy atom. The number of rotatable bonds is 5. The van der Waals surface area contributed by atoms with E-state index < -0.39 is 11.9 Å². The molecule has 1 heterocycles. The molecule has 0 aliphatic carbocycles. The third-order valence-electron chi connectivity index (χ3n) is 1.88. The van der Waals surface area contributed by atoms with Gasteiger partial charge in [-0.05, 0) is 18.4 Å². The van der Waals surface area contributed by atoms with Crippen LogP contribution in [0.2, 0.25) is 0 Å². The maximum atomic E-state index is 11.3. The van der Waals surface area contributed by atoms with Crippen LogP contribution in [0, 0.1) is 11.3 Å². The monoisotopic (exact) mass is 265 g/mol. The number of carbonyl (C=O) groups excluding carboxylic acids is 2. The standard InChI is InChI=1S/C11H11N3O3S/c1-2-17-11(16)7(5-12)6-14-8-3-4-18-9(8)10(13)15/h3-4,6,14H,2H2,1H3,(H2,13,15)/b7-6+. The van der Waals surface area contributed by atoms with E-state index >= 15 is 0 Å². The smallest absolute Gasteiger partial charge is 0.350 e. The number of carbonyl (C=O) groups is 2. The van der Waals surface area contributed by atoms with Crippen LogP contribution in [0.25, 0.3) is 0 Å². The van der Waals surface area contributed by atoms with Gasteiger partial charge in [0.05, 0.1) is 12.3 Å². The number of amides is 1. The van der Waals surface area contributed by atoms with Crippen LogP contribution >= 0.6 is 11.3 Å². The van der Waals surface area contributed by atoms with E-state index in [1.165, 1.54) is 17.5 Å². The summed E-state index contributed by atoms with van der Waals surface area (Å²) in [4.78, 5) is 22.7. The summed E-state index contributed by atoms with van der Waals surface area (Å²) in [6.45, 7) is 1.83. The van der Waals surface area contributed by atoms with E-state index in [0.717, 1.165) is 0 Å². The molecule has 1 amide bonds. The van der Waals surface area contributed by atoms with Crippen LogP contribution in [0.5, 0.6) is 0 Å². The zero-order valence-corrected chi connectivity index (χ0v) is 10.4. The minimum atomic E-state index is -0.719. The molecule has 0 aliphatic heterocycles. The van der Waals surface area contributed by atoms with Gasteiger partial charge in [0.25, 0.3) is 5.91 Å². The topological polar surface area (TPSA) is 105 Å². The lowest BCUT2D eigenvalue weighted by Gasteiger charge is -2.02. The number of anilines is 1. The van der Waals surface area contributed by atoms with Gasteiger partial charge < -0.3 is 15.8 Å². The third-order valence-corrected chi connectivity index (χ3v) is 2.81. The molecule has 0 unspecified atom stereocenters. The number of esters is 1. The molecule has 1 aromatic heterocycles. The molecule has 0 aliphatic rings. The molecule has 94 valence electrons. The molecule has 1 rings (SSSR count). The number of hydrogen-bond donors (Lipinski definition) is 2. The van der Waals surface area contributed by atoms with E-state index in [1.54, 1.807) is 24.4 Å². The molecule has 7 heteroatoms. The van der Waals surface area contributed by atoms with E-state index in [9.17, 15) is 9.59 Å². The van der Waals surface area contributed by atoms with Gasteiger partial charge in [-0.2, -0.15) is 5.26 Å². The highest BCUT2D eigenvalue weighted by atomic mass is 32.1. The van der Waals surface area contributed by atoms with Crippen molar-refractivity contribution in [3.63, 3.8) is 0 Å². The van der Waals surface area contributed by atoms with E-state index in [4.69, 9.17) is 11.0 Å². The summed E-state index contributed by atoms with van der Waals surface area (Å²) >= 11 is 1.17. The van der Waals surface area contributed by atoms with Gasteiger partial charge in [-0.1, -0.05) is 0 Å². The van der Waals surface area contributed by atoms with E-state index in [0.29, 0.717) is 10.6 Å². The molecular formula is C11H11N3O3S. The van der Waals surface area contributed by atoms with Gasteiger partial charge in [0, 0.05) is 6.20 Å². The van der Waals surface area contributed by atoms with Gasteiger partial charge >= 0.3 is 5.97 Å². The average Bonchev–Trinajstić information content (AvgIpc) is 2.78. The molecule has 0 fully saturated rings. The second kappa shape index (κ2) is 6.42. The van der Waals surface area contributed by atoms with Crippen molar-refractivity contribution in [1.29, 1.82) is 5.26 Å². The fourth-order valence-electron chi connectivity index (χ4n) is 1.11. The largest absolute Gasteiger partial charge is 0.462 e. The van der Waals surface area contributed by atoms with Crippen LogP contribution in [0.3, 0.4) is 0 Å². The molecule has 6 nitrogen and oxygen atoms in total. The molecule has 0 saturated heterocycles. The second-order valence-electron chi connectivity index (χ2n) is 3.06. The van der Waals surface area contributed by atoms with Crippen molar-refractivity contribution in [1.82, 2.24) is 0 Å². The Morgan fingerprint density at radius 3 is 2.94 bits per heavy atom. The maximum Gasteiger partial charge on any atom is 0.350 e. The Morgan fingerprint density at radius 2 is 2.39 bits per heavy atom. The summed E-state index contributed by atoms with van der Waals surface area (Å²) in [5.41, 5.74) is 5.43. The maximum absolute atomic E-state index is 11.3. The Bertz CT molecular complexity index is 528. The lowest BCUT2D eigenvalue weighted by molar-refractivity contribution is -0.138. The summed E-state index contributed by atoms with van der Waals surface area (Å²) < 4.78 is 4.68. The Labute approximate surface area is 108 Å². The van der Waals surface area contributed by atoms with Crippen LogP contribution in [0.15, 0.2) is 23.2 Å². The van der Waals surface area contributed by atoms with Crippen LogP contribution in [-0.2, 0) is 9.53 Å². The Hall–Kier alpha value is -2.33. The van der Waals surface area contributed by atoms with Crippen molar-refractivity contribution in [3.05, 3.63) is 28.1 Å². The molecular weight excluding hydrogens is 254 g/mol. The molecule has 18 heavy (non-hydrogen) atoms. The van der Waals surface area contributed by atoms with Crippen molar-refractivity contribution in [3.8, 4) is 6.07 Å². The van der Waals surface area contributed by atoms with E-state index in [1.807, 2.05) is 0 Å². The number of nitriles is 1. The predicted molar refractivity (Wildman–Crippen MR) is 66.8 cm³/mol. The molecule has 0 radical (unpaired) electrons. The second-order valence-corrected chi connectivity index (χ2v) is 3.98. The molecule has 0 aromatic carbocycles. The van der Waals surface area contributed by atoms with Gasteiger partial charge in [-0.3, -0.25) is 4.79 Å². The van der Waals surface area contributed by atoms with Crippen molar-refractivity contribution < 1.29 is 14.3 Å². The van der Waals surface area contributed by atoms with E-state index in [2.05, 4.69) is 10.1 Å². The lowest BCUT2D eigenvalue weighted by Crippen LogP contribution is -2.11. The quantitative estimate of drug-likeness (QED) is 0.473. The van der Waals surface area contributed by atoms with Gasteiger partial charge in [-0.25, -0.2) is 4.79 Å². The van der Waals surface area contributed by atoms with Crippen LogP contribution < -0.4 is 11.1 Å². The molecule has 0 bridgehead atoms. The van der Waals surface area contributed by atoms with Gasteiger partial charge in [0.1, 0.15) is 10.9 Å². The third kappa shape index (κ3) is 3.33. The van der Waals surface area contributed by atoms with Crippen molar-refractivity contribution >= 4 is 28.9 Å². The lowest BCUT2D eigenvalue weighted by atomic mass is 10.3. The average molecular weight is 265 g/mol. The summed E-state index contributed by atoms with van der Waals surface area (Å²) in [6, 6.07) is 3.34. The summed E-state index contributed by atoms with van der Waals surface area (Å²) in [7, 11) is 0. The number of nitrogens with two attached hydrogens (primary N) is 1. The summed E-state index contributed by atoms with van der Waals surface area (Å²) in [5, 5.41) is 13.1. The zero-order valence-electron chi connectivity index (χ0n) is 9.60. The number of ether oxygens (including phenoxy) is 1. The number of primary amides is 1. The van der Waals surface area contributed by atoms with Gasteiger partial charge in [0.2, 0.25) is 0 Å². The SMILES string of the molecule is CCOC(=O)/C(C#N)=C/Nc1ccsc1C(N)=O. The zero-order chi connectivity index (χ0) is 13.5. The highest BCUT2D eigenvalue weighted by Gasteiger charge is 2.12.